The first-order chi connectivity index (χ1) is 8.78. The number of allylic oxidation sites excluding steroid dienone is 1. The molecule has 0 aromatic carbocycles. The number of hydrogen-bond donors (Lipinski definition) is 1. The Hall–Kier alpha value is -1.78. The second-order valence-electron chi connectivity index (χ2n) is 5.96. The van der Waals surface area contributed by atoms with E-state index in [1.165, 1.54) is 0 Å². The Labute approximate surface area is 113 Å². The summed E-state index contributed by atoms with van der Waals surface area (Å²) in [5.74, 6) is 0. The van der Waals surface area contributed by atoms with E-state index in [0.29, 0.717) is 13.1 Å². The van der Waals surface area contributed by atoms with E-state index < -0.39 is 5.60 Å². The van der Waals surface area contributed by atoms with Crippen LogP contribution in [-0.2, 0) is 17.7 Å². The second-order valence-corrected chi connectivity index (χ2v) is 5.96. The summed E-state index contributed by atoms with van der Waals surface area (Å²) in [7, 11) is 0. The average molecular weight is 263 g/mol. The number of H-pyrrole nitrogens is 1. The first-order valence-corrected chi connectivity index (χ1v) is 6.48. The Morgan fingerprint density at radius 3 is 2.74 bits per heavy atom. The maximum atomic E-state index is 12.1. The number of carbonyl (C=O) groups excluding carboxylic acids is 1. The molecule has 1 aromatic heterocycles. The third kappa shape index (κ3) is 2.97. The summed E-state index contributed by atoms with van der Waals surface area (Å²) in [5, 5.41) is 7.29. The molecule has 0 aliphatic carbocycles. The smallest absolute Gasteiger partial charge is 0.410 e. The van der Waals surface area contributed by atoms with Crippen molar-refractivity contribution in [2.45, 2.75) is 46.3 Å². The van der Waals surface area contributed by atoms with Gasteiger partial charge in [-0.05, 0) is 33.3 Å². The van der Waals surface area contributed by atoms with Gasteiger partial charge in [-0.15, -0.1) is 0 Å². The normalized spacial score (nSPS) is 15.1. The van der Waals surface area contributed by atoms with Gasteiger partial charge < -0.3 is 9.64 Å². The van der Waals surface area contributed by atoms with Crippen LogP contribution in [0.5, 0.6) is 0 Å². The van der Waals surface area contributed by atoms with E-state index in [-0.39, 0.29) is 6.09 Å². The van der Waals surface area contributed by atoms with Crippen LogP contribution < -0.4 is 0 Å². The van der Waals surface area contributed by atoms with Crippen LogP contribution in [0.25, 0.3) is 5.57 Å². The van der Waals surface area contributed by atoms with Crippen LogP contribution in [-0.4, -0.2) is 33.3 Å². The molecule has 19 heavy (non-hydrogen) atoms. The SMILES string of the molecule is C=C(C)c1n[nH]c2c1CN(C(=O)OC(C)(C)C)CC2. The molecule has 0 bridgehead atoms. The van der Waals surface area contributed by atoms with Crippen LogP contribution in [0.3, 0.4) is 0 Å². The van der Waals surface area contributed by atoms with Crippen molar-refractivity contribution in [3.05, 3.63) is 23.5 Å². The molecule has 0 saturated heterocycles. The van der Waals surface area contributed by atoms with E-state index >= 15 is 0 Å². The van der Waals surface area contributed by atoms with Crippen LogP contribution in [0.4, 0.5) is 4.79 Å². The zero-order valence-electron chi connectivity index (χ0n) is 12.0. The van der Waals surface area contributed by atoms with E-state index in [1.54, 1.807) is 4.90 Å². The molecule has 1 aliphatic heterocycles. The van der Waals surface area contributed by atoms with Crippen LogP contribution in [0.1, 0.15) is 44.6 Å². The summed E-state index contributed by atoms with van der Waals surface area (Å²) < 4.78 is 5.40. The minimum absolute atomic E-state index is 0.271. The van der Waals surface area contributed by atoms with Crippen molar-refractivity contribution in [2.24, 2.45) is 0 Å². The molecule has 1 aromatic rings. The summed E-state index contributed by atoms with van der Waals surface area (Å²) in [6, 6.07) is 0. The van der Waals surface area contributed by atoms with E-state index in [1.807, 2.05) is 27.7 Å². The summed E-state index contributed by atoms with van der Waals surface area (Å²) in [4.78, 5) is 13.8. The van der Waals surface area contributed by atoms with Gasteiger partial charge in [0.05, 0.1) is 12.2 Å². The van der Waals surface area contributed by atoms with Gasteiger partial charge in [-0.1, -0.05) is 6.58 Å². The molecule has 5 heteroatoms. The number of amides is 1. The predicted molar refractivity (Wildman–Crippen MR) is 73.6 cm³/mol. The van der Waals surface area contributed by atoms with E-state index in [4.69, 9.17) is 4.74 Å². The highest BCUT2D eigenvalue weighted by Crippen LogP contribution is 2.25. The van der Waals surface area contributed by atoms with Gasteiger partial charge in [0, 0.05) is 24.2 Å². The molecule has 2 heterocycles. The Bertz CT molecular complexity index is 511. The lowest BCUT2D eigenvalue weighted by Gasteiger charge is -2.30. The van der Waals surface area contributed by atoms with E-state index in [0.717, 1.165) is 28.9 Å². The van der Waals surface area contributed by atoms with Crippen molar-refractivity contribution in [3.8, 4) is 0 Å². The molecule has 1 aliphatic rings. The van der Waals surface area contributed by atoms with E-state index in [9.17, 15) is 4.79 Å². The average Bonchev–Trinajstić information content (AvgIpc) is 2.68. The highest BCUT2D eigenvalue weighted by molar-refractivity contribution is 5.70. The first-order valence-electron chi connectivity index (χ1n) is 6.48. The maximum absolute atomic E-state index is 12.1. The predicted octanol–water partition coefficient (Wildman–Crippen LogP) is 2.74. The Morgan fingerprint density at radius 2 is 2.16 bits per heavy atom. The molecule has 0 spiro atoms. The van der Waals surface area contributed by atoms with Gasteiger partial charge in [-0.25, -0.2) is 4.79 Å². The standard InChI is InChI=1S/C14H21N3O2/c1-9(2)12-10-8-17(7-6-11(10)15-16-12)13(18)19-14(3,4)5/h1,6-8H2,2-5H3,(H,15,16). The number of nitrogens with zero attached hydrogens (tertiary/aromatic N) is 2. The zero-order chi connectivity index (χ0) is 14.2. The molecule has 104 valence electrons. The van der Waals surface area contributed by atoms with Crippen molar-refractivity contribution in [3.63, 3.8) is 0 Å². The van der Waals surface area contributed by atoms with Gasteiger partial charge in [0.2, 0.25) is 0 Å². The maximum Gasteiger partial charge on any atom is 0.410 e. The third-order valence-electron chi connectivity index (χ3n) is 2.99. The first kappa shape index (κ1) is 13.6. The van der Waals surface area contributed by atoms with Crippen LogP contribution in [0.15, 0.2) is 6.58 Å². The molecule has 0 unspecified atom stereocenters. The number of nitrogens with one attached hydrogen (secondary N) is 1. The molecular weight excluding hydrogens is 242 g/mol. The number of hydrogen-bond acceptors (Lipinski definition) is 3. The molecule has 2 rings (SSSR count). The summed E-state index contributed by atoms with van der Waals surface area (Å²) >= 11 is 0. The number of carbonyl (C=O) groups is 1. The van der Waals surface area contributed by atoms with Crippen molar-refractivity contribution in [1.82, 2.24) is 15.1 Å². The zero-order valence-corrected chi connectivity index (χ0v) is 12.0. The summed E-state index contributed by atoms with van der Waals surface area (Å²) in [5.41, 5.74) is 3.46. The lowest BCUT2D eigenvalue weighted by atomic mass is 10.0. The van der Waals surface area contributed by atoms with Crippen LogP contribution >= 0.6 is 0 Å². The van der Waals surface area contributed by atoms with Gasteiger partial charge in [-0.2, -0.15) is 5.10 Å². The molecule has 0 fully saturated rings. The topological polar surface area (TPSA) is 58.2 Å². The van der Waals surface area contributed by atoms with Crippen LogP contribution in [0, 0.1) is 0 Å². The summed E-state index contributed by atoms with van der Waals surface area (Å²) in [6.07, 6.45) is 0.501. The lowest BCUT2D eigenvalue weighted by Crippen LogP contribution is -2.39. The third-order valence-corrected chi connectivity index (χ3v) is 2.99. The molecule has 1 N–H and O–H groups in total. The fraction of sp³-hybridized carbons (Fsp3) is 0.571. The molecule has 0 saturated carbocycles. The van der Waals surface area contributed by atoms with Crippen molar-refractivity contribution in [2.75, 3.05) is 6.54 Å². The molecule has 1 amide bonds. The largest absolute Gasteiger partial charge is 0.444 e. The minimum atomic E-state index is -0.467. The van der Waals surface area contributed by atoms with Gasteiger partial charge in [0.1, 0.15) is 5.60 Å². The lowest BCUT2D eigenvalue weighted by molar-refractivity contribution is 0.0223. The number of aromatic amines is 1. The Balaban J connectivity index is 2.15. The molecule has 0 radical (unpaired) electrons. The fourth-order valence-electron chi connectivity index (χ4n) is 2.13. The number of fused-ring (bicyclic) bond motifs is 1. The van der Waals surface area contributed by atoms with Crippen molar-refractivity contribution >= 4 is 11.7 Å². The molecule has 5 nitrogen and oxygen atoms in total. The highest BCUT2D eigenvalue weighted by Gasteiger charge is 2.28. The van der Waals surface area contributed by atoms with Crippen molar-refractivity contribution < 1.29 is 9.53 Å². The van der Waals surface area contributed by atoms with Gasteiger partial charge >= 0.3 is 6.09 Å². The number of aromatic nitrogens is 2. The van der Waals surface area contributed by atoms with Gasteiger partial charge in [-0.3, -0.25) is 5.10 Å². The van der Waals surface area contributed by atoms with Gasteiger partial charge in [0.25, 0.3) is 0 Å². The quantitative estimate of drug-likeness (QED) is 0.847. The fourth-order valence-corrected chi connectivity index (χ4v) is 2.13. The van der Waals surface area contributed by atoms with Crippen LogP contribution in [0.2, 0.25) is 0 Å². The number of ether oxygens (including phenoxy) is 1. The second kappa shape index (κ2) is 4.72. The van der Waals surface area contributed by atoms with E-state index in [2.05, 4.69) is 16.8 Å². The Kier molecular flexibility index (Phi) is 3.39. The highest BCUT2D eigenvalue weighted by atomic mass is 16.6. The molecule has 0 atom stereocenters. The minimum Gasteiger partial charge on any atom is -0.444 e. The number of rotatable bonds is 1. The Morgan fingerprint density at radius 1 is 1.47 bits per heavy atom. The molecular formula is C14H21N3O2. The summed E-state index contributed by atoms with van der Waals surface area (Å²) in [6.45, 7) is 12.6. The van der Waals surface area contributed by atoms with Gasteiger partial charge in [0.15, 0.2) is 0 Å². The van der Waals surface area contributed by atoms with Crippen molar-refractivity contribution in [1.29, 1.82) is 0 Å². The monoisotopic (exact) mass is 263 g/mol.